The van der Waals surface area contributed by atoms with E-state index in [9.17, 15) is 14.3 Å². The summed E-state index contributed by atoms with van der Waals surface area (Å²) < 4.78 is 14.6. The summed E-state index contributed by atoms with van der Waals surface area (Å²) in [5.74, 6) is -0.923. The molecule has 6 heteroatoms. The van der Waals surface area contributed by atoms with Gasteiger partial charge in [0.2, 0.25) is 0 Å². The van der Waals surface area contributed by atoms with E-state index >= 15 is 0 Å². The predicted octanol–water partition coefficient (Wildman–Crippen LogP) is 2.75. The van der Waals surface area contributed by atoms with Crippen LogP contribution in [-0.2, 0) is 13.0 Å². The molecule has 0 aliphatic heterocycles. The van der Waals surface area contributed by atoms with Crippen LogP contribution in [0.3, 0.4) is 0 Å². The van der Waals surface area contributed by atoms with E-state index in [4.69, 9.17) is 0 Å². The van der Waals surface area contributed by atoms with Gasteiger partial charge in [0.25, 0.3) is 0 Å². The van der Waals surface area contributed by atoms with Crippen LogP contribution in [0.5, 0.6) is 0 Å². The lowest BCUT2D eigenvalue weighted by molar-refractivity contribution is 0.0689. The van der Waals surface area contributed by atoms with Crippen LogP contribution in [0.25, 0.3) is 0 Å². The fourth-order valence-electron chi connectivity index (χ4n) is 2.03. The number of hydrogen-bond acceptors (Lipinski definition) is 3. The lowest BCUT2D eigenvalue weighted by Gasteiger charge is -2.09. The topological polar surface area (TPSA) is 68.0 Å². The molecule has 0 saturated heterocycles. The molecule has 1 aromatic heterocycles. The molecule has 0 aliphatic rings. The third kappa shape index (κ3) is 3.87. The zero-order valence-electron chi connectivity index (χ0n) is 12.1. The molecule has 1 aromatic carbocycles. The van der Waals surface area contributed by atoms with Crippen LogP contribution in [0.1, 0.15) is 42.0 Å². The van der Waals surface area contributed by atoms with Gasteiger partial charge in [-0.25, -0.2) is 13.9 Å². The van der Waals surface area contributed by atoms with Crippen molar-refractivity contribution in [1.82, 2.24) is 15.0 Å². The van der Waals surface area contributed by atoms with Gasteiger partial charge in [-0.15, -0.1) is 5.10 Å². The molecule has 112 valence electrons. The second-order valence-corrected chi connectivity index (χ2v) is 5.40. The van der Waals surface area contributed by atoms with Crippen molar-refractivity contribution in [2.45, 2.75) is 33.2 Å². The van der Waals surface area contributed by atoms with Crippen LogP contribution in [-0.4, -0.2) is 26.1 Å². The Morgan fingerprint density at radius 1 is 1.33 bits per heavy atom. The predicted molar refractivity (Wildman–Crippen MR) is 75.6 cm³/mol. The van der Waals surface area contributed by atoms with E-state index in [2.05, 4.69) is 24.2 Å². The van der Waals surface area contributed by atoms with Crippen LogP contribution in [0.4, 0.5) is 4.39 Å². The van der Waals surface area contributed by atoms with Crippen molar-refractivity contribution in [3.05, 3.63) is 47.0 Å². The molecule has 2 rings (SSSR count). The van der Waals surface area contributed by atoms with Crippen LogP contribution in [0.15, 0.2) is 24.3 Å². The molecule has 0 bridgehead atoms. The van der Waals surface area contributed by atoms with Gasteiger partial charge in [0, 0.05) is 13.0 Å². The first-order chi connectivity index (χ1) is 9.97. The molecule has 0 atom stereocenters. The molecule has 0 unspecified atom stereocenters. The fourth-order valence-corrected chi connectivity index (χ4v) is 2.03. The van der Waals surface area contributed by atoms with Gasteiger partial charge in [-0.1, -0.05) is 31.2 Å². The standard InChI is InChI=1S/C15H18FN3O2/c1-10(2)7-8-19-13(14(15(20)21)17-18-19)9-11-3-5-12(16)6-4-11/h3-6,10H,7-9H2,1-2H3,(H,20,21). The maximum atomic E-state index is 12.9. The molecular formula is C15H18FN3O2. The highest BCUT2D eigenvalue weighted by Crippen LogP contribution is 2.15. The van der Waals surface area contributed by atoms with Gasteiger partial charge in [0.05, 0.1) is 5.69 Å². The Morgan fingerprint density at radius 2 is 2.00 bits per heavy atom. The highest BCUT2D eigenvalue weighted by molar-refractivity contribution is 5.86. The average Bonchev–Trinajstić information content (AvgIpc) is 2.82. The average molecular weight is 291 g/mol. The number of aryl methyl sites for hydroxylation is 1. The first-order valence-corrected chi connectivity index (χ1v) is 6.87. The Kier molecular flexibility index (Phi) is 4.67. The summed E-state index contributed by atoms with van der Waals surface area (Å²) in [6.07, 6.45) is 1.26. The molecule has 0 radical (unpaired) electrons. The SMILES string of the molecule is CC(C)CCn1nnc(C(=O)O)c1Cc1ccc(F)cc1. The van der Waals surface area contributed by atoms with Crippen molar-refractivity contribution < 1.29 is 14.3 Å². The summed E-state index contributed by atoms with van der Waals surface area (Å²) in [5.41, 5.74) is 1.34. The monoisotopic (exact) mass is 291 g/mol. The number of carboxylic acid groups (broad SMARTS) is 1. The third-order valence-corrected chi connectivity index (χ3v) is 3.24. The summed E-state index contributed by atoms with van der Waals surface area (Å²) in [6, 6.07) is 6.00. The second kappa shape index (κ2) is 6.47. The zero-order chi connectivity index (χ0) is 15.4. The number of halogens is 1. The van der Waals surface area contributed by atoms with Crippen molar-refractivity contribution in [3.63, 3.8) is 0 Å². The van der Waals surface area contributed by atoms with Crippen molar-refractivity contribution >= 4 is 5.97 Å². The molecule has 0 fully saturated rings. The number of aromatic nitrogens is 3. The first-order valence-electron chi connectivity index (χ1n) is 6.87. The van der Waals surface area contributed by atoms with Crippen LogP contribution < -0.4 is 0 Å². The molecule has 21 heavy (non-hydrogen) atoms. The number of hydrogen-bond donors (Lipinski definition) is 1. The summed E-state index contributed by atoms with van der Waals surface area (Å²) >= 11 is 0. The number of carboxylic acids is 1. The molecule has 2 aromatic rings. The van der Waals surface area contributed by atoms with Crippen molar-refractivity contribution in [2.24, 2.45) is 5.92 Å². The number of nitrogens with zero attached hydrogens (tertiary/aromatic N) is 3. The minimum atomic E-state index is -1.09. The van der Waals surface area contributed by atoms with Crippen molar-refractivity contribution in [3.8, 4) is 0 Å². The molecule has 5 nitrogen and oxygen atoms in total. The minimum absolute atomic E-state index is 0.0388. The van der Waals surface area contributed by atoms with E-state index in [1.807, 2.05) is 0 Å². The highest BCUT2D eigenvalue weighted by Gasteiger charge is 2.19. The quantitative estimate of drug-likeness (QED) is 0.888. The highest BCUT2D eigenvalue weighted by atomic mass is 19.1. The lowest BCUT2D eigenvalue weighted by atomic mass is 10.1. The fraction of sp³-hybridized carbons (Fsp3) is 0.400. The van der Waals surface area contributed by atoms with E-state index in [1.165, 1.54) is 12.1 Å². The van der Waals surface area contributed by atoms with Crippen LogP contribution in [0.2, 0.25) is 0 Å². The van der Waals surface area contributed by atoms with E-state index < -0.39 is 5.97 Å². The summed E-state index contributed by atoms with van der Waals surface area (Å²) in [5, 5.41) is 16.9. The van der Waals surface area contributed by atoms with Gasteiger partial charge in [0.1, 0.15) is 5.82 Å². The Hall–Kier alpha value is -2.24. The van der Waals surface area contributed by atoms with Gasteiger partial charge in [-0.3, -0.25) is 0 Å². The van der Waals surface area contributed by atoms with E-state index in [0.29, 0.717) is 24.6 Å². The summed E-state index contributed by atoms with van der Waals surface area (Å²) in [7, 11) is 0. The van der Waals surface area contributed by atoms with Gasteiger partial charge in [-0.05, 0) is 30.0 Å². The van der Waals surface area contributed by atoms with E-state index in [1.54, 1.807) is 16.8 Å². The van der Waals surface area contributed by atoms with Gasteiger partial charge in [-0.2, -0.15) is 0 Å². The normalized spacial score (nSPS) is 11.0. The number of aromatic carboxylic acids is 1. The number of rotatable bonds is 6. The van der Waals surface area contributed by atoms with Gasteiger partial charge >= 0.3 is 5.97 Å². The Bertz CT molecular complexity index is 620. The third-order valence-electron chi connectivity index (χ3n) is 3.24. The molecule has 0 amide bonds. The number of benzene rings is 1. The summed E-state index contributed by atoms with van der Waals surface area (Å²) in [4.78, 5) is 11.2. The maximum absolute atomic E-state index is 12.9. The Labute approximate surface area is 122 Å². The van der Waals surface area contributed by atoms with Crippen LogP contribution in [0, 0.1) is 11.7 Å². The zero-order valence-corrected chi connectivity index (χ0v) is 12.1. The van der Waals surface area contributed by atoms with Gasteiger partial charge in [0.15, 0.2) is 5.69 Å². The van der Waals surface area contributed by atoms with E-state index in [-0.39, 0.29) is 11.5 Å². The smallest absolute Gasteiger partial charge is 0.358 e. The van der Waals surface area contributed by atoms with E-state index in [0.717, 1.165) is 12.0 Å². The first kappa shape index (κ1) is 15.2. The van der Waals surface area contributed by atoms with Crippen molar-refractivity contribution in [1.29, 1.82) is 0 Å². The Morgan fingerprint density at radius 3 is 2.57 bits per heavy atom. The van der Waals surface area contributed by atoms with Gasteiger partial charge < -0.3 is 5.11 Å². The maximum Gasteiger partial charge on any atom is 0.358 e. The molecule has 1 N–H and O–H groups in total. The lowest BCUT2D eigenvalue weighted by Crippen LogP contribution is -2.10. The minimum Gasteiger partial charge on any atom is -0.476 e. The largest absolute Gasteiger partial charge is 0.476 e. The molecule has 1 heterocycles. The molecule has 0 aliphatic carbocycles. The van der Waals surface area contributed by atoms with Crippen LogP contribution >= 0.6 is 0 Å². The summed E-state index contributed by atoms with van der Waals surface area (Å²) in [6.45, 7) is 4.80. The Balaban J connectivity index is 2.27. The molecule has 0 saturated carbocycles. The molecular weight excluding hydrogens is 273 g/mol. The molecule has 0 spiro atoms. The van der Waals surface area contributed by atoms with Crippen molar-refractivity contribution in [2.75, 3.05) is 0 Å². The number of carbonyl (C=O) groups is 1. The second-order valence-electron chi connectivity index (χ2n) is 5.40.